The maximum atomic E-state index is 13.5. The van der Waals surface area contributed by atoms with Crippen LogP contribution in [0.3, 0.4) is 0 Å². The topological polar surface area (TPSA) is 65.0 Å². The largest absolute Gasteiger partial charge is 0.491 e. The lowest BCUT2D eigenvalue weighted by atomic mass is 9.66. The first kappa shape index (κ1) is 24.9. The Labute approximate surface area is 208 Å². The van der Waals surface area contributed by atoms with Crippen LogP contribution in [0.15, 0.2) is 70.9 Å². The second-order valence-corrected chi connectivity index (χ2v) is 10.6. The summed E-state index contributed by atoms with van der Waals surface area (Å²) in [7, 11) is 0. The predicted molar refractivity (Wildman–Crippen MR) is 138 cm³/mol. The number of carbonyl (C=O) groups excluding carboxylic acids is 2. The van der Waals surface area contributed by atoms with Crippen LogP contribution in [0.2, 0.25) is 0 Å². The normalized spacial score (nSPS) is 21.4. The Morgan fingerprint density at radius 1 is 1.06 bits per heavy atom. The molecule has 184 valence electrons. The van der Waals surface area contributed by atoms with Gasteiger partial charge in [-0.05, 0) is 44.2 Å². The SMILES string of the molecule is CC1=NC2=C(C(=O)CC(C)(C)C2)[C@H](c2ccccc2OC(C)C)C1C(=O)OCCc1ccccc1. The van der Waals surface area contributed by atoms with Gasteiger partial charge in [0.1, 0.15) is 11.7 Å². The molecule has 0 saturated carbocycles. The monoisotopic (exact) mass is 473 g/mol. The van der Waals surface area contributed by atoms with Crippen LogP contribution in [0.4, 0.5) is 0 Å². The molecule has 1 heterocycles. The van der Waals surface area contributed by atoms with Crippen molar-refractivity contribution < 1.29 is 19.1 Å². The fourth-order valence-electron chi connectivity index (χ4n) is 5.19. The molecule has 1 aliphatic carbocycles. The van der Waals surface area contributed by atoms with Gasteiger partial charge in [-0.2, -0.15) is 0 Å². The zero-order chi connectivity index (χ0) is 25.2. The van der Waals surface area contributed by atoms with Crippen molar-refractivity contribution in [2.75, 3.05) is 6.61 Å². The van der Waals surface area contributed by atoms with Crippen LogP contribution >= 0.6 is 0 Å². The molecule has 0 N–H and O–H groups in total. The molecule has 2 aromatic carbocycles. The standard InChI is InChI=1S/C30H35NO4/c1-19(2)35-25-14-10-9-13-22(25)27-26(29(33)34-16-15-21-11-7-6-8-12-21)20(3)31-23-17-30(4,5)18-24(32)28(23)27/h6-14,19,26-27H,15-18H2,1-5H3/t26?,27-/m1/s1. The van der Waals surface area contributed by atoms with Gasteiger partial charge in [0, 0.05) is 41.3 Å². The fraction of sp³-hybridized carbons (Fsp3) is 0.433. The molecule has 5 nitrogen and oxygen atoms in total. The van der Waals surface area contributed by atoms with Crippen molar-refractivity contribution in [2.45, 2.75) is 65.9 Å². The molecule has 0 saturated heterocycles. The van der Waals surface area contributed by atoms with E-state index < -0.39 is 11.8 Å². The first-order chi connectivity index (χ1) is 16.7. The van der Waals surface area contributed by atoms with Crippen LogP contribution in [0.25, 0.3) is 0 Å². The number of ether oxygens (including phenoxy) is 2. The van der Waals surface area contributed by atoms with E-state index in [0.29, 0.717) is 36.3 Å². The number of carbonyl (C=O) groups is 2. The van der Waals surface area contributed by atoms with Gasteiger partial charge in [0.2, 0.25) is 0 Å². The van der Waals surface area contributed by atoms with Crippen LogP contribution in [0.5, 0.6) is 5.75 Å². The number of nitrogens with zero attached hydrogens (tertiary/aromatic N) is 1. The molecule has 4 rings (SSSR count). The van der Waals surface area contributed by atoms with Crippen LogP contribution in [0, 0.1) is 11.3 Å². The molecule has 1 unspecified atom stereocenters. The number of esters is 1. The van der Waals surface area contributed by atoms with Crippen molar-refractivity contribution in [1.29, 1.82) is 0 Å². The third-order valence-corrected chi connectivity index (χ3v) is 6.65. The van der Waals surface area contributed by atoms with Crippen molar-refractivity contribution in [2.24, 2.45) is 16.3 Å². The highest BCUT2D eigenvalue weighted by Crippen LogP contribution is 2.49. The van der Waals surface area contributed by atoms with Crippen molar-refractivity contribution in [3.05, 3.63) is 77.0 Å². The summed E-state index contributed by atoms with van der Waals surface area (Å²) < 4.78 is 11.9. The number of benzene rings is 2. The maximum Gasteiger partial charge on any atom is 0.315 e. The van der Waals surface area contributed by atoms with E-state index in [1.807, 2.05) is 75.4 Å². The van der Waals surface area contributed by atoms with Crippen molar-refractivity contribution in [3.8, 4) is 5.75 Å². The van der Waals surface area contributed by atoms with Crippen LogP contribution in [-0.2, 0) is 20.7 Å². The smallest absolute Gasteiger partial charge is 0.315 e. The van der Waals surface area contributed by atoms with Crippen molar-refractivity contribution >= 4 is 17.5 Å². The number of Topliss-reactive ketones (excluding diaryl/α,β-unsaturated/α-hetero) is 1. The van der Waals surface area contributed by atoms with Crippen LogP contribution < -0.4 is 4.74 Å². The molecule has 0 amide bonds. The Morgan fingerprint density at radius 3 is 2.46 bits per heavy atom. The second kappa shape index (κ2) is 10.2. The molecule has 0 spiro atoms. The lowest BCUT2D eigenvalue weighted by Crippen LogP contribution is -2.39. The highest BCUT2D eigenvalue weighted by molar-refractivity contribution is 6.09. The van der Waals surface area contributed by atoms with E-state index in [-0.39, 0.29) is 29.9 Å². The molecule has 0 aromatic heterocycles. The minimum atomic E-state index is -0.674. The molecule has 1 aliphatic heterocycles. The predicted octanol–water partition coefficient (Wildman–Crippen LogP) is 6.08. The van der Waals surface area contributed by atoms with Gasteiger partial charge in [0.15, 0.2) is 5.78 Å². The number of rotatable bonds is 7. The third-order valence-electron chi connectivity index (χ3n) is 6.65. The Balaban J connectivity index is 1.71. The molecule has 0 fully saturated rings. The van der Waals surface area contributed by atoms with E-state index in [4.69, 9.17) is 14.5 Å². The summed E-state index contributed by atoms with van der Waals surface area (Å²) in [4.78, 5) is 31.9. The molecule has 2 atom stereocenters. The second-order valence-electron chi connectivity index (χ2n) is 10.6. The van der Waals surface area contributed by atoms with E-state index >= 15 is 0 Å². The summed E-state index contributed by atoms with van der Waals surface area (Å²) in [6.45, 7) is 10.3. The Kier molecular flexibility index (Phi) is 7.25. The molecule has 35 heavy (non-hydrogen) atoms. The minimum Gasteiger partial charge on any atom is -0.491 e. The lowest BCUT2D eigenvalue weighted by Gasteiger charge is -2.39. The third kappa shape index (κ3) is 5.55. The summed E-state index contributed by atoms with van der Waals surface area (Å²) >= 11 is 0. The van der Waals surface area contributed by atoms with Crippen LogP contribution in [-0.4, -0.2) is 30.2 Å². The molecule has 0 bridgehead atoms. The average molecular weight is 474 g/mol. The molecule has 0 radical (unpaired) electrons. The van der Waals surface area contributed by atoms with Crippen molar-refractivity contribution in [1.82, 2.24) is 0 Å². The number of aliphatic imine (C=N–C) groups is 1. The number of hydrogen-bond acceptors (Lipinski definition) is 5. The van der Waals surface area contributed by atoms with Gasteiger partial charge < -0.3 is 9.47 Å². The van der Waals surface area contributed by atoms with Gasteiger partial charge in [-0.25, -0.2) is 0 Å². The number of hydrogen-bond donors (Lipinski definition) is 0. The summed E-state index contributed by atoms with van der Waals surface area (Å²) in [5.74, 6) is -0.764. The first-order valence-electron chi connectivity index (χ1n) is 12.4. The Morgan fingerprint density at radius 2 is 1.74 bits per heavy atom. The van der Waals surface area contributed by atoms with Gasteiger partial charge in [-0.1, -0.05) is 62.4 Å². The number of para-hydroxylation sites is 1. The number of allylic oxidation sites excluding steroid dienone is 2. The molecule has 2 aliphatic rings. The molecule has 2 aromatic rings. The Bertz CT molecular complexity index is 1160. The van der Waals surface area contributed by atoms with Crippen LogP contribution in [0.1, 0.15) is 64.5 Å². The fourth-order valence-corrected chi connectivity index (χ4v) is 5.19. The maximum absolute atomic E-state index is 13.5. The van der Waals surface area contributed by atoms with Gasteiger partial charge in [-0.15, -0.1) is 0 Å². The van der Waals surface area contributed by atoms with Gasteiger partial charge in [0.25, 0.3) is 0 Å². The van der Waals surface area contributed by atoms with Gasteiger partial charge in [-0.3, -0.25) is 14.6 Å². The highest BCUT2D eigenvalue weighted by Gasteiger charge is 2.46. The van der Waals surface area contributed by atoms with E-state index in [1.165, 1.54) is 0 Å². The average Bonchev–Trinajstić information content (AvgIpc) is 2.78. The molecular formula is C30H35NO4. The van der Waals surface area contributed by atoms with Crippen molar-refractivity contribution in [3.63, 3.8) is 0 Å². The van der Waals surface area contributed by atoms with E-state index in [0.717, 1.165) is 16.8 Å². The highest BCUT2D eigenvalue weighted by atomic mass is 16.5. The molecular weight excluding hydrogens is 438 g/mol. The first-order valence-corrected chi connectivity index (χ1v) is 12.4. The van der Waals surface area contributed by atoms with Gasteiger partial charge in [0.05, 0.1) is 12.7 Å². The van der Waals surface area contributed by atoms with Gasteiger partial charge >= 0.3 is 5.97 Å². The van der Waals surface area contributed by atoms with E-state index in [9.17, 15) is 9.59 Å². The summed E-state index contributed by atoms with van der Waals surface area (Å²) in [6.07, 6.45) is 1.72. The quantitative estimate of drug-likeness (QED) is 0.457. The lowest BCUT2D eigenvalue weighted by molar-refractivity contribution is -0.146. The summed E-state index contributed by atoms with van der Waals surface area (Å²) in [5, 5.41) is 0. The van der Waals surface area contributed by atoms with E-state index in [2.05, 4.69) is 13.8 Å². The zero-order valence-corrected chi connectivity index (χ0v) is 21.3. The Hall–Kier alpha value is -3.21. The molecule has 5 heteroatoms. The zero-order valence-electron chi connectivity index (χ0n) is 21.3. The van der Waals surface area contributed by atoms with E-state index in [1.54, 1.807) is 0 Å². The minimum absolute atomic E-state index is 0.0415. The summed E-state index contributed by atoms with van der Waals surface area (Å²) in [6, 6.07) is 17.7. The summed E-state index contributed by atoms with van der Waals surface area (Å²) in [5.41, 5.74) is 3.89. The number of ketones is 1.